The number of aryl methyl sites for hydroxylation is 3. The van der Waals surface area contributed by atoms with E-state index in [1.807, 2.05) is 23.2 Å². The summed E-state index contributed by atoms with van der Waals surface area (Å²) in [4.78, 5) is 12.7. The molecule has 0 aromatic carbocycles. The number of imidazole rings is 1. The molecule has 0 aliphatic heterocycles. The molecule has 2 N–H and O–H groups in total. The highest BCUT2D eigenvalue weighted by atomic mass is 32.1. The Labute approximate surface area is 119 Å². The number of rotatable bonds is 5. The standard InChI is InChI=1S/C12H14N6OS/c1-18-6-5-14-11(18)10-16-9(19-17-10)4-2-3-8-7-20-12(13)15-8/h5-7H,2-4H2,1H3,(H2,13,15). The molecule has 3 aromatic heterocycles. The Hall–Kier alpha value is -2.22. The van der Waals surface area contributed by atoms with Crippen LogP contribution in [0.5, 0.6) is 0 Å². The van der Waals surface area contributed by atoms with Crippen molar-refractivity contribution in [2.75, 3.05) is 5.73 Å². The molecule has 0 atom stereocenters. The third-order valence-electron chi connectivity index (χ3n) is 2.88. The van der Waals surface area contributed by atoms with Crippen molar-refractivity contribution in [1.29, 1.82) is 0 Å². The van der Waals surface area contributed by atoms with Gasteiger partial charge < -0.3 is 14.8 Å². The molecule has 0 aliphatic carbocycles. The van der Waals surface area contributed by atoms with Gasteiger partial charge in [-0.3, -0.25) is 0 Å². The summed E-state index contributed by atoms with van der Waals surface area (Å²) in [7, 11) is 1.89. The van der Waals surface area contributed by atoms with Gasteiger partial charge in [-0.05, 0) is 12.8 Å². The van der Waals surface area contributed by atoms with Gasteiger partial charge in [0.25, 0.3) is 0 Å². The molecule has 20 heavy (non-hydrogen) atoms. The zero-order valence-corrected chi connectivity index (χ0v) is 11.8. The first-order chi connectivity index (χ1) is 9.72. The molecule has 0 fully saturated rings. The molecule has 0 aliphatic rings. The SMILES string of the molecule is Cn1ccnc1-c1noc(CCCc2csc(N)n2)n1. The highest BCUT2D eigenvalue weighted by Gasteiger charge is 2.12. The van der Waals surface area contributed by atoms with Gasteiger partial charge in [-0.2, -0.15) is 4.98 Å². The first-order valence-electron chi connectivity index (χ1n) is 6.22. The van der Waals surface area contributed by atoms with Gasteiger partial charge in [0.15, 0.2) is 11.0 Å². The molecular formula is C12H14N6OS. The molecule has 0 saturated carbocycles. The molecule has 0 saturated heterocycles. The predicted molar refractivity (Wildman–Crippen MR) is 75.1 cm³/mol. The fraction of sp³-hybridized carbons (Fsp3) is 0.333. The van der Waals surface area contributed by atoms with E-state index in [9.17, 15) is 0 Å². The fourth-order valence-electron chi connectivity index (χ4n) is 1.89. The molecule has 0 spiro atoms. The Kier molecular flexibility index (Phi) is 3.46. The molecule has 104 valence electrons. The van der Waals surface area contributed by atoms with Gasteiger partial charge >= 0.3 is 0 Å². The maximum Gasteiger partial charge on any atom is 0.238 e. The van der Waals surface area contributed by atoms with E-state index in [4.69, 9.17) is 10.3 Å². The lowest BCUT2D eigenvalue weighted by molar-refractivity contribution is 0.375. The Morgan fingerprint density at radius 2 is 2.25 bits per heavy atom. The lowest BCUT2D eigenvalue weighted by atomic mass is 10.2. The second kappa shape index (κ2) is 5.41. The van der Waals surface area contributed by atoms with Crippen molar-refractivity contribution in [3.8, 4) is 11.6 Å². The fourth-order valence-corrected chi connectivity index (χ4v) is 2.48. The van der Waals surface area contributed by atoms with Crippen LogP contribution in [0.4, 0.5) is 5.13 Å². The number of hydrogen-bond acceptors (Lipinski definition) is 7. The second-order valence-electron chi connectivity index (χ2n) is 4.40. The average molecular weight is 290 g/mol. The van der Waals surface area contributed by atoms with E-state index in [-0.39, 0.29) is 0 Å². The van der Waals surface area contributed by atoms with Crippen molar-refractivity contribution in [3.05, 3.63) is 29.4 Å². The van der Waals surface area contributed by atoms with Crippen LogP contribution < -0.4 is 5.73 Å². The number of aromatic nitrogens is 5. The summed E-state index contributed by atoms with van der Waals surface area (Å²) in [5.74, 6) is 1.84. The summed E-state index contributed by atoms with van der Waals surface area (Å²) in [6, 6.07) is 0. The molecule has 3 rings (SSSR count). The number of hydrogen-bond donors (Lipinski definition) is 1. The van der Waals surface area contributed by atoms with Gasteiger partial charge in [-0.15, -0.1) is 11.3 Å². The van der Waals surface area contributed by atoms with E-state index < -0.39 is 0 Å². The van der Waals surface area contributed by atoms with E-state index >= 15 is 0 Å². The minimum Gasteiger partial charge on any atom is -0.375 e. The lowest BCUT2D eigenvalue weighted by Crippen LogP contribution is -1.94. The zero-order valence-electron chi connectivity index (χ0n) is 11.0. The third-order valence-corrected chi connectivity index (χ3v) is 3.61. The molecule has 0 bridgehead atoms. The molecule has 8 heteroatoms. The molecular weight excluding hydrogens is 276 g/mol. The number of nitrogen functional groups attached to an aromatic ring is 1. The van der Waals surface area contributed by atoms with Crippen LogP contribution >= 0.6 is 11.3 Å². The highest BCUT2D eigenvalue weighted by Crippen LogP contribution is 2.15. The summed E-state index contributed by atoms with van der Waals surface area (Å²) in [6.45, 7) is 0. The Bertz CT molecular complexity index is 700. The zero-order chi connectivity index (χ0) is 13.9. The van der Waals surface area contributed by atoms with Gasteiger partial charge in [0.1, 0.15) is 0 Å². The van der Waals surface area contributed by atoms with Crippen LogP contribution in [-0.4, -0.2) is 24.7 Å². The van der Waals surface area contributed by atoms with Crippen molar-refractivity contribution in [3.63, 3.8) is 0 Å². The molecule has 3 aromatic rings. The molecule has 7 nitrogen and oxygen atoms in total. The maximum absolute atomic E-state index is 5.59. The quantitative estimate of drug-likeness (QED) is 0.768. The van der Waals surface area contributed by atoms with Crippen LogP contribution in [0, 0.1) is 0 Å². The van der Waals surface area contributed by atoms with E-state index in [2.05, 4.69) is 20.1 Å². The molecule has 0 unspecified atom stereocenters. The summed E-state index contributed by atoms with van der Waals surface area (Å²) >= 11 is 1.46. The van der Waals surface area contributed by atoms with Crippen molar-refractivity contribution in [1.82, 2.24) is 24.7 Å². The Balaban J connectivity index is 1.59. The van der Waals surface area contributed by atoms with E-state index in [0.29, 0.717) is 22.7 Å². The molecule has 0 amide bonds. The van der Waals surface area contributed by atoms with E-state index in [1.54, 1.807) is 6.20 Å². The predicted octanol–water partition coefficient (Wildman–Crippen LogP) is 1.68. The van der Waals surface area contributed by atoms with Crippen molar-refractivity contribution < 1.29 is 4.52 Å². The van der Waals surface area contributed by atoms with Crippen LogP contribution in [0.3, 0.4) is 0 Å². The van der Waals surface area contributed by atoms with Crippen molar-refractivity contribution in [2.24, 2.45) is 7.05 Å². The van der Waals surface area contributed by atoms with E-state index in [1.165, 1.54) is 11.3 Å². The van der Waals surface area contributed by atoms with Crippen LogP contribution in [0.15, 0.2) is 22.3 Å². The molecule has 3 heterocycles. The highest BCUT2D eigenvalue weighted by molar-refractivity contribution is 7.13. The van der Waals surface area contributed by atoms with Gasteiger partial charge in [-0.25, -0.2) is 9.97 Å². The van der Waals surface area contributed by atoms with Gasteiger partial charge in [0.05, 0.1) is 5.69 Å². The third kappa shape index (κ3) is 2.69. The Morgan fingerprint density at radius 1 is 1.35 bits per heavy atom. The summed E-state index contributed by atoms with van der Waals surface area (Å²) in [6.07, 6.45) is 6.02. The number of thiazole rings is 1. The van der Waals surface area contributed by atoms with Crippen LogP contribution in [0.2, 0.25) is 0 Å². The van der Waals surface area contributed by atoms with Crippen molar-refractivity contribution >= 4 is 16.5 Å². The van der Waals surface area contributed by atoms with Crippen LogP contribution in [0.1, 0.15) is 18.0 Å². The summed E-state index contributed by atoms with van der Waals surface area (Å²) < 4.78 is 7.08. The topological polar surface area (TPSA) is 95.7 Å². The van der Waals surface area contributed by atoms with Crippen molar-refractivity contribution in [2.45, 2.75) is 19.3 Å². The normalized spacial score (nSPS) is 11.1. The number of nitrogens with two attached hydrogens (primary N) is 1. The second-order valence-corrected chi connectivity index (χ2v) is 5.29. The number of anilines is 1. The Morgan fingerprint density at radius 3 is 2.95 bits per heavy atom. The minimum atomic E-state index is 0.519. The maximum atomic E-state index is 5.59. The van der Waals surface area contributed by atoms with Crippen LogP contribution in [0.25, 0.3) is 11.6 Å². The molecule has 0 radical (unpaired) electrons. The smallest absolute Gasteiger partial charge is 0.238 e. The summed E-state index contributed by atoms with van der Waals surface area (Å²) in [5, 5.41) is 6.53. The average Bonchev–Trinajstić information content (AvgIpc) is 3.11. The first kappa shape index (κ1) is 12.8. The summed E-state index contributed by atoms with van der Waals surface area (Å²) in [5.41, 5.74) is 6.60. The van der Waals surface area contributed by atoms with Gasteiger partial charge in [0, 0.05) is 31.2 Å². The minimum absolute atomic E-state index is 0.519. The van der Waals surface area contributed by atoms with Crippen LogP contribution in [-0.2, 0) is 19.9 Å². The van der Waals surface area contributed by atoms with Gasteiger partial charge in [0.2, 0.25) is 11.7 Å². The van der Waals surface area contributed by atoms with E-state index in [0.717, 1.165) is 25.0 Å². The largest absolute Gasteiger partial charge is 0.375 e. The van der Waals surface area contributed by atoms with Gasteiger partial charge in [-0.1, -0.05) is 5.16 Å². The first-order valence-corrected chi connectivity index (χ1v) is 7.10. The monoisotopic (exact) mass is 290 g/mol. The lowest BCUT2D eigenvalue weighted by Gasteiger charge is -1.94. The number of nitrogens with zero attached hydrogens (tertiary/aromatic N) is 5.